The predicted octanol–water partition coefficient (Wildman–Crippen LogP) is 1.26. The van der Waals surface area contributed by atoms with Gasteiger partial charge in [-0.05, 0) is 23.6 Å². The molecule has 0 spiro atoms. The molecule has 5 nitrogen and oxygen atoms in total. The van der Waals surface area contributed by atoms with E-state index in [4.69, 9.17) is 5.73 Å². The van der Waals surface area contributed by atoms with Crippen LogP contribution in [0.3, 0.4) is 0 Å². The van der Waals surface area contributed by atoms with E-state index in [1.807, 2.05) is 18.2 Å². The van der Waals surface area contributed by atoms with E-state index in [2.05, 4.69) is 9.97 Å². The lowest BCUT2D eigenvalue weighted by atomic mass is 9.98. The molecule has 96 valence electrons. The molecule has 1 aliphatic heterocycles. The summed E-state index contributed by atoms with van der Waals surface area (Å²) < 4.78 is 0. The van der Waals surface area contributed by atoms with E-state index >= 15 is 0 Å². The molecule has 19 heavy (non-hydrogen) atoms. The van der Waals surface area contributed by atoms with Crippen LogP contribution < -0.4 is 5.73 Å². The molecule has 1 aliphatic rings. The lowest BCUT2D eigenvalue weighted by Crippen LogP contribution is -2.36. The van der Waals surface area contributed by atoms with Crippen molar-refractivity contribution in [3.05, 3.63) is 53.6 Å². The summed E-state index contributed by atoms with van der Waals surface area (Å²) in [6, 6.07) is 5.84. The molecule has 2 heterocycles. The maximum Gasteiger partial charge on any atom is 0.274 e. The fourth-order valence-corrected chi connectivity index (χ4v) is 2.38. The molecule has 0 atom stereocenters. The van der Waals surface area contributed by atoms with Gasteiger partial charge >= 0.3 is 0 Å². The fraction of sp³-hybridized carbons (Fsp3) is 0.214. The minimum Gasteiger partial charge on any atom is -0.398 e. The molecule has 3 rings (SSSR count). The van der Waals surface area contributed by atoms with Crippen LogP contribution in [-0.4, -0.2) is 27.3 Å². The topological polar surface area (TPSA) is 72.1 Å². The SMILES string of the molecule is Nc1cccc2c1CCN(C(=O)c1cnccn1)C2. The third kappa shape index (κ3) is 2.14. The first kappa shape index (κ1) is 11.6. The number of hydrogen-bond acceptors (Lipinski definition) is 4. The smallest absolute Gasteiger partial charge is 0.274 e. The van der Waals surface area contributed by atoms with Crippen molar-refractivity contribution in [3.8, 4) is 0 Å². The standard InChI is InChI=1S/C14H14N4O/c15-12-3-1-2-10-9-18(7-4-11(10)12)14(19)13-8-16-5-6-17-13/h1-3,5-6,8H,4,7,9,15H2. The van der Waals surface area contributed by atoms with Gasteiger partial charge in [0.15, 0.2) is 0 Å². The first-order valence-electron chi connectivity index (χ1n) is 6.17. The summed E-state index contributed by atoms with van der Waals surface area (Å²) >= 11 is 0. The molecule has 0 saturated heterocycles. The number of rotatable bonds is 1. The molecule has 0 fully saturated rings. The molecule has 0 saturated carbocycles. The van der Waals surface area contributed by atoms with E-state index in [9.17, 15) is 4.79 Å². The molecular weight excluding hydrogens is 240 g/mol. The second kappa shape index (κ2) is 4.68. The van der Waals surface area contributed by atoms with E-state index in [0.717, 1.165) is 23.2 Å². The van der Waals surface area contributed by atoms with Crippen LogP contribution >= 0.6 is 0 Å². The van der Waals surface area contributed by atoms with Crippen LogP contribution in [0.2, 0.25) is 0 Å². The van der Waals surface area contributed by atoms with Gasteiger partial charge in [0.25, 0.3) is 5.91 Å². The second-order valence-corrected chi connectivity index (χ2v) is 4.55. The highest BCUT2D eigenvalue weighted by molar-refractivity contribution is 5.92. The number of nitrogens with two attached hydrogens (primary N) is 1. The number of anilines is 1. The lowest BCUT2D eigenvalue weighted by Gasteiger charge is -2.29. The Bertz CT molecular complexity index is 612. The summed E-state index contributed by atoms with van der Waals surface area (Å²) in [5.41, 5.74) is 9.41. The van der Waals surface area contributed by atoms with E-state index in [0.29, 0.717) is 18.8 Å². The van der Waals surface area contributed by atoms with Crippen LogP contribution in [0.25, 0.3) is 0 Å². The van der Waals surface area contributed by atoms with Gasteiger partial charge in [-0.15, -0.1) is 0 Å². The average Bonchev–Trinajstić information content (AvgIpc) is 2.47. The molecular formula is C14H14N4O. The lowest BCUT2D eigenvalue weighted by molar-refractivity contribution is 0.0728. The highest BCUT2D eigenvalue weighted by atomic mass is 16.2. The Morgan fingerprint density at radius 2 is 2.21 bits per heavy atom. The minimum absolute atomic E-state index is 0.0822. The highest BCUT2D eigenvalue weighted by Gasteiger charge is 2.23. The molecule has 2 aromatic rings. The molecule has 0 radical (unpaired) electrons. The van der Waals surface area contributed by atoms with Crippen molar-refractivity contribution in [2.45, 2.75) is 13.0 Å². The zero-order valence-electron chi connectivity index (χ0n) is 10.4. The zero-order valence-corrected chi connectivity index (χ0v) is 10.4. The summed E-state index contributed by atoms with van der Waals surface area (Å²) in [5.74, 6) is -0.0822. The van der Waals surface area contributed by atoms with Crippen LogP contribution in [0.4, 0.5) is 5.69 Å². The van der Waals surface area contributed by atoms with Gasteiger partial charge in [0.2, 0.25) is 0 Å². The molecule has 2 N–H and O–H groups in total. The number of nitrogens with zero attached hydrogens (tertiary/aromatic N) is 3. The highest BCUT2D eigenvalue weighted by Crippen LogP contribution is 2.24. The summed E-state index contributed by atoms with van der Waals surface area (Å²) in [5, 5.41) is 0. The Morgan fingerprint density at radius 3 is 3.00 bits per heavy atom. The maximum atomic E-state index is 12.3. The fourth-order valence-electron chi connectivity index (χ4n) is 2.38. The normalized spacial score (nSPS) is 14.0. The number of amides is 1. The van der Waals surface area contributed by atoms with Gasteiger partial charge in [-0.25, -0.2) is 4.98 Å². The van der Waals surface area contributed by atoms with Crippen molar-refractivity contribution < 1.29 is 4.79 Å². The third-order valence-electron chi connectivity index (χ3n) is 3.37. The van der Waals surface area contributed by atoms with Gasteiger partial charge in [-0.3, -0.25) is 9.78 Å². The molecule has 1 aromatic heterocycles. The van der Waals surface area contributed by atoms with Gasteiger partial charge in [0, 0.05) is 31.2 Å². The molecule has 0 unspecified atom stereocenters. The summed E-state index contributed by atoms with van der Waals surface area (Å²) in [6.45, 7) is 1.24. The Kier molecular flexibility index (Phi) is 2.87. The predicted molar refractivity (Wildman–Crippen MR) is 71.3 cm³/mol. The number of fused-ring (bicyclic) bond motifs is 1. The number of hydrogen-bond donors (Lipinski definition) is 1. The monoisotopic (exact) mass is 254 g/mol. The van der Waals surface area contributed by atoms with E-state index in [-0.39, 0.29) is 5.91 Å². The Balaban J connectivity index is 1.85. The zero-order chi connectivity index (χ0) is 13.2. The first-order valence-corrected chi connectivity index (χ1v) is 6.17. The maximum absolute atomic E-state index is 12.3. The van der Waals surface area contributed by atoms with Crippen LogP contribution in [0.1, 0.15) is 21.6 Å². The molecule has 0 bridgehead atoms. The van der Waals surface area contributed by atoms with Crippen molar-refractivity contribution in [1.82, 2.24) is 14.9 Å². The van der Waals surface area contributed by atoms with Gasteiger partial charge in [0.1, 0.15) is 5.69 Å². The number of nitrogen functional groups attached to an aromatic ring is 1. The largest absolute Gasteiger partial charge is 0.398 e. The number of carbonyl (C=O) groups excluding carboxylic acids is 1. The summed E-state index contributed by atoms with van der Waals surface area (Å²) in [6.07, 6.45) is 5.37. The van der Waals surface area contributed by atoms with Gasteiger partial charge in [-0.2, -0.15) is 0 Å². The van der Waals surface area contributed by atoms with Crippen molar-refractivity contribution in [2.75, 3.05) is 12.3 Å². The van der Waals surface area contributed by atoms with Crippen molar-refractivity contribution in [2.24, 2.45) is 0 Å². The molecule has 5 heteroatoms. The Morgan fingerprint density at radius 1 is 1.32 bits per heavy atom. The number of benzene rings is 1. The Hall–Kier alpha value is -2.43. The summed E-state index contributed by atoms with van der Waals surface area (Å²) in [7, 11) is 0. The quantitative estimate of drug-likeness (QED) is 0.777. The first-order chi connectivity index (χ1) is 9.25. The van der Waals surface area contributed by atoms with Crippen molar-refractivity contribution in [1.29, 1.82) is 0 Å². The molecule has 1 aromatic carbocycles. The van der Waals surface area contributed by atoms with Crippen molar-refractivity contribution in [3.63, 3.8) is 0 Å². The minimum atomic E-state index is -0.0822. The van der Waals surface area contributed by atoms with Gasteiger partial charge in [0.05, 0.1) is 6.20 Å². The third-order valence-corrected chi connectivity index (χ3v) is 3.37. The average molecular weight is 254 g/mol. The van der Waals surface area contributed by atoms with E-state index in [1.54, 1.807) is 11.1 Å². The molecule has 0 aliphatic carbocycles. The van der Waals surface area contributed by atoms with E-state index < -0.39 is 0 Å². The summed E-state index contributed by atoms with van der Waals surface area (Å²) in [4.78, 5) is 22.0. The molecule has 1 amide bonds. The van der Waals surface area contributed by atoms with Gasteiger partial charge in [-0.1, -0.05) is 12.1 Å². The second-order valence-electron chi connectivity index (χ2n) is 4.55. The van der Waals surface area contributed by atoms with Crippen molar-refractivity contribution >= 4 is 11.6 Å². The van der Waals surface area contributed by atoms with Crippen LogP contribution in [-0.2, 0) is 13.0 Å². The number of carbonyl (C=O) groups is 1. The van der Waals surface area contributed by atoms with Crippen LogP contribution in [0.5, 0.6) is 0 Å². The number of aromatic nitrogens is 2. The van der Waals surface area contributed by atoms with Gasteiger partial charge < -0.3 is 10.6 Å². The van der Waals surface area contributed by atoms with Crippen LogP contribution in [0, 0.1) is 0 Å². The van der Waals surface area contributed by atoms with E-state index in [1.165, 1.54) is 12.4 Å². The van der Waals surface area contributed by atoms with Crippen LogP contribution in [0.15, 0.2) is 36.8 Å². The Labute approximate surface area is 111 Å².